The fourth-order valence-corrected chi connectivity index (χ4v) is 3.02. The first-order valence-corrected chi connectivity index (χ1v) is 8.01. The Morgan fingerprint density at radius 2 is 1.92 bits per heavy atom. The van der Waals surface area contributed by atoms with Gasteiger partial charge in [-0.15, -0.1) is 0 Å². The number of aromatic nitrogens is 2. The highest BCUT2D eigenvalue weighted by atomic mass is 16.2. The van der Waals surface area contributed by atoms with Crippen LogP contribution in [0.25, 0.3) is 0 Å². The van der Waals surface area contributed by atoms with E-state index in [1.54, 1.807) is 17.8 Å². The molecular formula is C18H22N4O2. The fraction of sp³-hybridized carbons (Fsp3) is 0.389. The van der Waals surface area contributed by atoms with Gasteiger partial charge in [0.05, 0.1) is 0 Å². The van der Waals surface area contributed by atoms with Gasteiger partial charge in [0.2, 0.25) is 0 Å². The van der Waals surface area contributed by atoms with E-state index in [1.807, 2.05) is 45.2 Å². The van der Waals surface area contributed by atoms with E-state index < -0.39 is 5.54 Å². The highest BCUT2D eigenvalue weighted by molar-refractivity contribution is 6.07. The van der Waals surface area contributed by atoms with Crippen LogP contribution >= 0.6 is 0 Å². The molecule has 1 aliphatic heterocycles. The number of hydrogen-bond acceptors (Lipinski definition) is 3. The fourth-order valence-electron chi connectivity index (χ4n) is 3.02. The molecular weight excluding hydrogens is 304 g/mol. The maximum Gasteiger partial charge on any atom is 0.325 e. The van der Waals surface area contributed by atoms with Crippen LogP contribution in [-0.2, 0) is 23.8 Å². The van der Waals surface area contributed by atoms with Gasteiger partial charge in [-0.05, 0) is 43.5 Å². The molecule has 3 amide bonds. The van der Waals surface area contributed by atoms with Crippen molar-refractivity contribution in [3.05, 3.63) is 52.8 Å². The molecule has 0 bridgehead atoms. The van der Waals surface area contributed by atoms with Crippen LogP contribution in [0.15, 0.2) is 30.5 Å². The third-order valence-electron chi connectivity index (χ3n) is 4.87. The predicted octanol–water partition coefficient (Wildman–Crippen LogP) is 2.05. The van der Waals surface area contributed by atoms with E-state index in [-0.39, 0.29) is 11.9 Å². The molecule has 1 aromatic heterocycles. The Morgan fingerprint density at radius 3 is 2.54 bits per heavy atom. The smallest absolute Gasteiger partial charge is 0.319 e. The lowest BCUT2D eigenvalue weighted by Gasteiger charge is -2.23. The zero-order valence-corrected chi connectivity index (χ0v) is 14.5. The van der Waals surface area contributed by atoms with E-state index in [4.69, 9.17) is 0 Å². The number of nitrogens with zero attached hydrogens (tertiary/aromatic N) is 3. The first-order valence-electron chi connectivity index (χ1n) is 8.01. The molecule has 1 aromatic carbocycles. The highest BCUT2D eigenvalue weighted by Crippen LogP contribution is 2.30. The normalized spacial score (nSPS) is 20.6. The molecule has 1 unspecified atom stereocenters. The number of nitrogens with one attached hydrogen (secondary N) is 1. The van der Waals surface area contributed by atoms with Crippen molar-refractivity contribution in [2.45, 2.75) is 32.7 Å². The minimum Gasteiger partial charge on any atom is -0.319 e. The molecule has 24 heavy (non-hydrogen) atoms. The molecule has 6 nitrogen and oxygen atoms in total. The van der Waals surface area contributed by atoms with Crippen molar-refractivity contribution in [2.75, 3.05) is 6.54 Å². The number of urea groups is 1. The number of rotatable bonds is 4. The van der Waals surface area contributed by atoms with Gasteiger partial charge in [-0.1, -0.05) is 18.2 Å². The summed E-state index contributed by atoms with van der Waals surface area (Å²) in [6.45, 7) is 6.13. The third kappa shape index (κ3) is 2.58. The summed E-state index contributed by atoms with van der Waals surface area (Å²) in [6.07, 6.45) is 2.29. The quantitative estimate of drug-likeness (QED) is 0.875. The van der Waals surface area contributed by atoms with Crippen molar-refractivity contribution < 1.29 is 9.59 Å². The number of benzene rings is 1. The van der Waals surface area contributed by atoms with E-state index >= 15 is 0 Å². The maximum absolute atomic E-state index is 12.9. The number of aryl methyl sites for hydroxylation is 3. The maximum atomic E-state index is 12.9. The van der Waals surface area contributed by atoms with Crippen LogP contribution in [0.4, 0.5) is 4.79 Å². The number of imide groups is 1. The van der Waals surface area contributed by atoms with Gasteiger partial charge in [-0.2, -0.15) is 5.10 Å². The molecule has 0 spiro atoms. The van der Waals surface area contributed by atoms with Crippen molar-refractivity contribution in [1.82, 2.24) is 20.0 Å². The van der Waals surface area contributed by atoms with Crippen LogP contribution in [0.3, 0.4) is 0 Å². The molecule has 1 aliphatic rings. The van der Waals surface area contributed by atoms with E-state index in [0.717, 1.165) is 22.4 Å². The average Bonchev–Trinajstić information content (AvgIpc) is 3.03. The lowest BCUT2D eigenvalue weighted by atomic mass is 9.89. The van der Waals surface area contributed by atoms with Crippen LogP contribution < -0.4 is 5.32 Å². The second kappa shape index (κ2) is 5.78. The number of carbonyl (C=O) groups excluding carboxylic acids is 2. The van der Waals surface area contributed by atoms with E-state index in [2.05, 4.69) is 10.4 Å². The Hall–Kier alpha value is -2.63. The summed E-state index contributed by atoms with van der Waals surface area (Å²) in [7, 11) is 1.85. The third-order valence-corrected chi connectivity index (χ3v) is 4.87. The highest BCUT2D eigenvalue weighted by Gasteiger charge is 2.48. The first-order chi connectivity index (χ1) is 11.3. The molecule has 0 radical (unpaired) electrons. The van der Waals surface area contributed by atoms with Gasteiger partial charge in [0, 0.05) is 31.9 Å². The van der Waals surface area contributed by atoms with Gasteiger partial charge in [-0.25, -0.2) is 4.79 Å². The van der Waals surface area contributed by atoms with Crippen LogP contribution in [0.1, 0.15) is 29.3 Å². The minimum absolute atomic E-state index is 0.210. The Balaban J connectivity index is 1.82. The zero-order chi connectivity index (χ0) is 17.5. The lowest BCUT2D eigenvalue weighted by molar-refractivity contribution is -0.131. The van der Waals surface area contributed by atoms with E-state index in [1.165, 1.54) is 4.90 Å². The summed E-state index contributed by atoms with van der Waals surface area (Å²) in [5.41, 5.74) is 3.04. The van der Waals surface area contributed by atoms with Crippen molar-refractivity contribution in [2.24, 2.45) is 7.05 Å². The number of amides is 3. The molecule has 1 atom stereocenters. The Bertz CT molecular complexity index is 811. The monoisotopic (exact) mass is 326 g/mol. The first kappa shape index (κ1) is 16.2. The summed E-state index contributed by atoms with van der Waals surface area (Å²) in [5.74, 6) is -0.210. The summed E-state index contributed by atoms with van der Waals surface area (Å²) in [4.78, 5) is 26.5. The number of carbonyl (C=O) groups is 2. The number of hydrogen-bond donors (Lipinski definition) is 1. The summed E-state index contributed by atoms with van der Waals surface area (Å²) in [5, 5.41) is 6.96. The van der Waals surface area contributed by atoms with Gasteiger partial charge in [0.25, 0.3) is 5.91 Å². The van der Waals surface area contributed by atoms with Crippen LogP contribution in [0, 0.1) is 13.8 Å². The standard InChI is InChI=1S/C18H22N4O2/c1-12-5-6-14(11-13(12)2)18(3)16(23)22(17(24)20-18)10-8-15-7-9-19-21(15)4/h5-7,9,11H,8,10H2,1-4H3,(H,20,24). The van der Waals surface area contributed by atoms with Crippen molar-refractivity contribution in [3.63, 3.8) is 0 Å². The van der Waals surface area contributed by atoms with Crippen LogP contribution in [0.2, 0.25) is 0 Å². The van der Waals surface area contributed by atoms with Crippen LogP contribution in [0.5, 0.6) is 0 Å². The summed E-state index contributed by atoms with van der Waals surface area (Å²) < 4.78 is 1.75. The molecule has 0 aliphatic carbocycles. The van der Waals surface area contributed by atoms with Gasteiger partial charge in [-0.3, -0.25) is 14.4 Å². The second-order valence-electron chi connectivity index (χ2n) is 6.51. The van der Waals surface area contributed by atoms with Gasteiger partial charge in [0.15, 0.2) is 0 Å². The van der Waals surface area contributed by atoms with Gasteiger partial charge < -0.3 is 5.32 Å². The second-order valence-corrected chi connectivity index (χ2v) is 6.51. The van der Waals surface area contributed by atoms with E-state index in [9.17, 15) is 9.59 Å². The van der Waals surface area contributed by atoms with Gasteiger partial charge in [0.1, 0.15) is 5.54 Å². The van der Waals surface area contributed by atoms with Crippen LogP contribution in [-0.4, -0.2) is 33.2 Å². The Morgan fingerprint density at radius 1 is 1.17 bits per heavy atom. The lowest BCUT2D eigenvalue weighted by Crippen LogP contribution is -2.41. The zero-order valence-electron chi connectivity index (χ0n) is 14.5. The molecule has 1 saturated heterocycles. The Kier molecular flexibility index (Phi) is 3.91. The largest absolute Gasteiger partial charge is 0.325 e. The summed E-state index contributed by atoms with van der Waals surface area (Å²) in [6, 6.07) is 7.40. The predicted molar refractivity (Wildman–Crippen MR) is 90.4 cm³/mol. The van der Waals surface area contributed by atoms with Crippen molar-refractivity contribution >= 4 is 11.9 Å². The minimum atomic E-state index is -1.01. The SMILES string of the molecule is Cc1ccc(C2(C)NC(=O)N(CCc3ccnn3C)C2=O)cc1C. The summed E-state index contributed by atoms with van der Waals surface area (Å²) >= 11 is 0. The van der Waals surface area contributed by atoms with Crippen molar-refractivity contribution in [1.29, 1.82) is 0 Å². The molecule has 126 valence electrons. The molecule has 0 saturated carbocycles. The van der Waals surface area contributed by atoms with Crippen molar-refractivity contribution in [3.8, 4) is 0 Å². The molecule has 2 heterocycles. The molecule has 3 rings (SSSR count). The van der Waals surface area contributed by atoms with Gasteiger partial charge >= 0.3 is 6.03 Å². The average molecular weight is 326 g/mol. The topological polar surface area (TPSA) is 67.2 Å². The Labute approximate surface area is 141 Å². The molecule has 1 N–H and O–H groups in total. The molecule has 2 aromatic rings. The van der Waals surface area contributed by atoms with E-state index in [0.29, 0.717) is 13.0 Å². The molecule has 1 fully saturated rings. The molecule has 6 heteroatoms.